The van der Waals surface area contributed by atoms with Crippen molar-refractivity contribution in [3.63, 3.8) is 0 Å². The van der Waals surface area contributed by atoms with Crippen LogP contribution in [0.3, 0.4) is 0 Å². The van der Waals surface area contributed by atoms with Gasteiger partial charge in [-0.2, -0.15) is 0 Å². The number of nitrogens with one attached hydrogen (secondary N) is 1. The number of methoxy groups -OCH3 is 1. The largest absolute Gasteiger partial charge is 0.380 e. The summed E-state index contributed by atoms with van der Waals surface area (Å²) in [6, 6.07) is 5.41. The fourth-order valence-electron chi connectivity index (χ4n) is 3.16. The molecule has 6 heteroatoms. The molecular weight excluding hydrogens is 318 g/mol. The van der Waals surface area contributed by atoms with Gasteiger partial charge in [0.15, 0.2) is 0 Å². The molecule has 2 atom stereocenters. The van der Waals surface area contributed by atoms with Crippen molar-refractivity contribution in [1.82, 2.24) is 4.90 Å². The first-order valence-electron chi connectivity index (χ1n) is 8.87. The standard InChI is InChI=1S/C19H29N3O3/c1-13-5-4-8-22(12-13)19(24)15-6-7-17(14(2)9-15)21-18(23)10-16(11-20)25-3/h6-7,9,13,16H,4-5,8,10-12,20H2,1-3H3,(H,21,23). The van der Waals surface area contributed by atoms with Crippen molar-refractivity contribution in [2.24, 2.45) is 11.7 Å². The molecule has 0 saturated carbocycles. The number of carbonyl (C=O) groups is 2. The summed E-state index contributed by atoms with van der Waals surface area (Å²) < 4.78 is 5.13. The van der Waals surface area contributed by atoms with Crippen molar-refractivity contribution in [1.29, 1.82) is 0 Å². The minimum absolute atomic E-state index is 0.0649. The maximum Gasteiger partial charge on any atom is 0.253 e. The molecule has 1 aromatic carbocycles. The molecule has 1 saturated heterocycles. The van der Waals surface area contributed by atoms with Gasteiger partial charge in [-0.1, -0.05) is 6.92 Å². The minimum Gasteiger partial charge on any atom is -0.380 e. The summed E-state index contributed by atoms with van der Waals surface area (Å²) in [4.78, 5) is 26.7. The summed E-state index contributed by atoms with van der Waals surface area (Å²) in [5.41, 5.74) is 7.78. The number of hydrogen-bond acceptors (Lipinski definition) is 4. The van der Waals surface area contributed by atoms with Gasteiger partial charge in [-0.05, 0) is 49.4 Å². The molecule has 3 N–H and O–H groups in total. The summed E-state index contributed by atoms with van der Waals surface area (Å²) in [6.45, 7) is 6.00. The number of likely N-dealkylation sites (tertiary alicyclic amines) is 1. The SMILES string of the molecule is COC(CN)CC(=O)Nc1ccc(C(=O)N2CCCC(C)C2)cc1C. The Morgan fingerprint density at radius 2 is 2.20 bits per heavy atom. The first kappa shape index (κ1) is 19.4. The van der Waals surface area contributed by atoms with Gasteiger partial charge in [0.05, 0.1) is 12.5 Å². The van der Waals surface area contributed by atoms with Gasteiger partial charge in [-0.25, -0.2) is 0 Å². The van der Waals surface area contributed by atoms with E-state index < -0.39 is 0 Å². The highest BCUT2D eigenvalue weighted by Crippen LogP contribution is 2.21. The topological polar surface area (TPSA) is 84.7 Å². The number of carbonyl (C=O) groups excluding carboxylic acids is 2. The van der Waals surface area contributed by atoms with Crippen molar-refractivity contribution in [2.75, 3.05) is 32.1 Å². The van der Waals surface area contributed by atoms with Crippen LogP contribution in [-0.4, -0.2) is 49.6 Å². The maximum absolute atomic E-state index is 12.7. The molecule has 2 amide bonds. The van der Waals surface area contributed by atoms with Gasteiger partial charge in [0.2, 0.25) is 5.91 Å². The fraction of sp³-hybridized carbons (Fsp3) is 0.579. The summed E-state index contributed by atoms with van der Waals surface area (Å²) in [6.07, 6.45) is 2.15. The molecule has 2 rings (SSSR count). The van der Waals surface area contributed by atoms with Crippen LogP contribution in [0.15, 0.2) is 18.2 Å². The molecule has 2 unspecified atom stereocenters. The molecule has 0 spiro atoms. The zero-order chi connectivity index (χ0) is 18.4. The highest BCUT2D eigenvalue weighted by Gasteiger charge is 2.22. The second kappa shape index (κ2) is 8.97. The van der Waals surface area contributed by atoms with E-state index in [9.17, 15) is 9.59 Å². The summed E-state index contributed by atoms with van der Waals surface area (Å²) in [5.74, 6) is 0.466. The molecule has 0 radical (unpaired) electrons. The van der Waals surface area contributed by atoms with Crippen molar-refractivity contribution < 1.29 is 14.3 Å². The van der Waals surface area contributed by atoms with Crippen molar-refractivity contribution >= 4 is 17.5 Å². The molecule has 0 bridgehead atoms. The number of rotatable bonds is 6. The van der Waals surface area contributed by atoms with Crippen molar-refractivity contribution in [3.05, 3.63) is 29.3 Å². The van der Waals surface area contributed by atoms with Gasteiger partial charge in [-0.15, -0.1) is 0 Å². The van der Waals surface area contributed by atoms with E-state index in [2.05, 4.69) is 12.2 Å². The number of hydrogen-bond donors (Lipinski definition) is 2. The van der Waals surface area contributed by atoms with Gasteiger partial charge < -0.3 is 20.7 Å². The summed E-state index contributed by atoms with van der Waals surface area (Å²) >= 11 is 0. The molecule has 0 aromatic heterocycles. The molecule has 138 valence electrons. The number of nitrogens with two attached hydrogens (primary N) is 1. The Balaban J connectivity index is 2.02. The zero-order valence-electron chi connectivity index (χ0n) is 15.4. The second-order valence-electron chi connectivity index (χ2n) is 6.87. The Bertz CT molecular complexity index is 614. The average molecular weight is 347 g/mol. The van der Waals surface area contributed by atoms with Crippen LogP contribution >= 0.6 is 0 Å². The first-order chi connectivity index (χ1) is 11.9. The van der Waals surface area contributed by atoms with Gasteiger partial charge in [0, 0.05) is 38.0 Å². The highest BCUT2D eigenvalue weighted by molar-refractivity contribution is 5.96. The number of ether oxygens (including phenoxy) is 1. The number of amides is 2. The molecule has 1 aliphatic heterocycles. The van der Waals surface area contributed by atoms with E-state index in [-0.39, 0.29) is 24.3 Å². The van der Waals surface area contributed by atoms with Gasteiger partial charge in [0.25, 0.3) is 5.91 Å². The predicted octanol–water partition coefficient (Wildman–Crippen LogP) is 2.17. The third-order valence-electron chi connectivity index (χ3n) is 4.70. The average Bonchev–Trinajstić information content (AvgIpc) is 2.60. The molecule has 25 heavy (non-hydrogen) atoms. The van der Waals surface area contributed by atoms with Crippen molar-refractivity contribution in [2.45, 2.75) is 39.2 Å². The van der Waals surface area contributed by atoms with E-state index in [4.69, 9.17) is 10.5 Å². The Labute approximate surface area is 149 Å². The Morgan fingerprint density at radius 3 is 2.80 bits per heavy atom. The van der Waals surface area contributed by atoms with Gasteiger partial charge in [-0.3, -0.25) is 9.59 Å². The van der Waals surface area contributed by atoms with Crippen LogP contribution < -0.4 is 11.1 Å². The molecular formula is C19H29N3O3. The smallest absolute Gasteiger partial charge is 0.253 e. The molecule has 1 aromatic rings. The number of anilines is 1. The highest BCUT2D eigenvalue weighted by atomic mass is 16.5. The number of benzene rings is 1. The maximum atomic E-state index is 12.7. The van der Waals surface area contributed by atoms with E-state index in [1.807, 2.05) is 17.9 Å². The van der Waals surface area contributed by atoms with Crippen LogP contribution in [0, 0.1) is 12.8 Å². The lowest BCUT2D eigenvalue weighted by atomic mass is 9.99. The predicted molar refractivity (Wildman–Crippen MR) is 98.6 cm³/mol. The van der Waals surface area contributed by atoms with E-state index >= 15 is 0 Å². The Hall–Kier alpha value is -1.92. The lowest BCUT2D eigenvalue weighted by molar-refractivity contribution is -0.118. The van der Waals surface area contributed by atoms with E-state index in [1.165, 1.54) is 13.5 Å². The third kappa shape index (κ3) is 5.28. The number of nitrogens with zero attached hydrogens (tertiary/aromatic N) is 1. The van der Waals surface area contributed by atoms with Crippen LogP contribution in [0.25, 0.3) is 0 Å². The number of aryl methyl sites for hydroxylation is 1. The Kier molecular flexibility index (Phi) is 6.96. The van der Waals surface area contributed by atoms with Crippen molar-refractivity contribution in [3.8, 4) is 0 Å². The lowest BCUT2D eigenvalue weighted by Crippen LogP contribution is -2.39. The summed E-state index contributed by atoms with van der Waals surface area (Å²) in [7, 11) is 1.54. The molecule has 0 aliphatic carbocycles. The fourth-order valence-corrected chi connectivity index (χ4v) is 3.16. The molecule has 1 fully saturated rings. The van der Waals surface area contributed by atoms with E-state index in [0.29, 0.717) is 23.7 Å². The molecule has 1 aliphatic rings. The first-order valence-corrected chi connectivity index (χ1v) is 8.87. The second-order valence-corrected chi connectivity index (χ2v) is 6.87. The van der Waals surface area contributed by atoms with E-state index in [0.717, 1.165) is 25.1 Å². The van der Waals surface area contributed by atoms with Crippen LogP contribution in [0.5, 0.6) is 0 Å². The minimum atomic E-state index is -0.290. The van der Waals surface area contributed by atoms with Crippen LogP contribution in [0.2, 0.25) is 0 Å². The molecule has 6 nitrogen and oxygen atoms in total. The lowest BCUT2D eigenvalue weighted by Gasteiger charge is -2.31. The van der Waals surface area contributed by atoms with Crippen LogP contribution in [0.1, 0.15) is 42.1 Å². The number of piperidine rings is 1. The normalized spacial score (nSPS) is 18.7. The van der Waals surface area contributed by atoms with Crippen LogP contribution in [-0.2, 0) is 9.53 Å². The third-order valence-corrected chi connectivity index (χ3v) is 4.70. The Morgan fingerprint density at radius 1 is 1.44 bits per heavy atom. The van der Waals surface area contributed by atoms with Gasteiger partial charge in [0.1, 0.15) is 0 Å². The van der Waals surface area contributed by atoms with Gasteiger partial charge >= 0.3 is 0 Å². The zero-order valence-corrected chi connectivity index (χ0v) is 15.4. The summed E-state index contributed by atoms with van der Waals surface area (Å²) in [5, 5.41) is 2.86. The quantitative estimate of drug-likeness (QED) is 0.826. The molecule has 1 heterocycles. The van der Waals surface area contributed by atoms with Crippen LogP contribution in [0.4, 0.5) is 5.69 Å². The van der Waals surface area contributed by atoms with E-state index in [1.54, 1.807) is 12.1 Å². The monoisotopic (exact) mass is 347 g/mol.